The number of hydrogen-bond donors (Lipinski definition) is 0. The minimum Gasteiger partial charge on any atom is -0.406 e. The summed E-state index contributed by atoms with van der Waals surface area (Å²) in [5, 5.41) is 2.14. The molecule has 0 bridgehead atoms. The Morgan fingerprint density at radius 3 is 2.39 bits per heavy atom. The fourth-order valence-electron chi connectivity index (χ4n) is 1.27. The van der Waals surface area contributed by atoms with Crippen LogP contribution in [-0.2, 0) is 0 Å². The molecule has 0 atom stereocenters. The molecule has 0 saturated carbocycles. The summed E-state index contributed by atoms with van der Waals surface area (Å²) in [5.74, 6) is -0.293. The lowest BCUT2D eigenvalue weighted by molar-refractivity contribution is -0.274. The molecule has 3 nitrogen and oxygen atoms in total. The van der Waals surface area contributed by atoms with Crippen LogP contribution in [0.2, 0.25) is 0 Å². The first-order valence-corrected chi connectivity index (χ1v) is 5.63. The summed E-state index contributed by atoms with van der Waals surface area (Å²) in [6, 6.07) is 5.30. The van der Waals surface area contributed by atoms with E-state index in [0.29, 0.717) is 22.6 Å². The highest BCUT2D eigenvalue weighted by Crippen LogP contribution is 2.27. The van der Waals surface area contributed by atoms with Gasteiger partial charge in [0.25, 0.3) is 0 Å². The Labute approximate surface area is 104 Å². The third-order valence-electron chi connectivity index (χ3n) is 1.98. The number of halogens is 3. The molecule has 0 N–H and O–H groups in total. The molecule has 0 aliphatic carbocycles. The van der Waals surface area contributed by atoms with Gasteiger partial charge in [0.15, 0.2) is 6.29 Å². The number of carbonyl (C=O) groups excluding carboxylic acids is 1. The van der Waals surface area contributed by atoms with Gasteiger partial charge in [-0.15, -0.1) is 24.5 Å². The molecule has 1 aromatic heterocycles. The maximum atomic E-state index is 11.9. The molecule has 0 aliphatic heterocycles. The zero-order valence-electron chi connectivity index (χ0n) is 8.77. The van der Waals surface area contributed by atoms with Crippen LogP contribution in [0.25, 0.3) is 10.6 Å². The lowest BCUT2D eigenvalue weighted by atomic mass is 10.2. The average molecular weight is 273 g/mol. The van der Waals surface area contributed by atoms with Crippen LogP contribution in [0, 0.1) is 0 Å². The number of ether oxygens (including phenoxy) is 1. The number of rotatable bonds is 3. The van der Waals surface area contributed by atoms with Crippen molar-refractivity contribution >= 4 is 17.6 Å². The van der Waals surface area contributed by atoms with Crippen molar-refractivity contribution in [1.29, 1.82) is 0 Å². The van der Waals surface area contributed by atoms with E-state index in [1.807, 2.05) is 0 Å². The number of alkyl halides is 3. The minimum atomic E-state index is -4.70. The van der Waals surface area contributed by atoms with Crippen molar-refractivity contribution in [1.82, 2.24) is 4.98 Å². The monoisotopic (exact) mass is 273 g/mol. The highest BCUT2D eigenvalue weighted by Gasteiger charge is 2.30. The van der Waals surface area contributed by atoms with Crippen LogP contribution in [0.3, 0.4) is 0 Å². The first-order valence-electron chi connectivity index (χ1n) is 4.75. The Bertz CT molecular complexity index is 548. The van der Waals surface area contributed by atoms with Gasteiger partial charge in [0.2, 0.25) is 0 Å². The Hall–Kier alpha value is -1.89. The summed E-state index contributed by atoms with van der Waals surface area (Å²) in [6.07, 6.45) is -4.09. The van der Waals surface area contributed by atoms with Crippen LogP contribution in [0.15, 0.2) is 29.6 Å². The van der Waals surface area contributed by atoms with E-state index >= 15 is 0 Å². The Morgan fingerprint density at radius 1 is 1.22 bits per heavy atom. The Kier molecular flexibility index (Phi) is 3.33. The summed E-state index contributed by atoms with van der Waals surface area (Å²) in [4.78, 5) is 14.5. The smallest absolute Gasteiger partial charge is 0.406 e. The normalized spacial score (nSPS) is 11.3. The molecule has 0 aliphatic rings. The van der Waals surface area contributed by atoms with Crippen molar-refractivity contribution in [2.45, 2.75) is 6.36 Å². The summed E-state index contributed by atoms with van der Waals surface area (Å²) < 4.78 is 39.6. The SMILES string of the molecule is O=Cc1csc(-c2ccc(OC(F)(F)F)cc2)n1. The molecule has 0 saturated heterocycles. The number of thiazole rings is 1. The summed E-state index contributed by atoms with van der Waals surface area (Å²) >= 11 is 1.24. The van der Waals surface area contributed by atoms with E-state index in [1.54, 1.807) is 5.38 Å². The van der Waals surface area contributed by atoms with Crippen LogP contribution in [0.1, 0.15) is 10.5 Å². The van der Waals surface area contributed by atoms with E-state index < -0.39 is 6.36 Å². The number of aldehydes is 1. The summed E-state index contributed by atoms with van der Waals surface area (Å²) in [7, 11) is 0. The van der Waals surface area contributed by atoms with Gasteiger partial charge in [0.1, 0.15) is 16.5 Å². The molecule has 2 rings (SSSR count). The predicted octanol–water partition coefficient (Wildman–Crippen LogP) is 3.52. The quantitative estimate of drug-likeness (QED) is 0.803. The molecule has 0 fully saturated rings. The fourth-order valence-corrected chi connectivity index (χ4v) is 2.04. The second-order valence-electron chi connectivity index (χ2n) is 3.27. The molecule has 0 unspecified atom stereocenters. The van der Waals surface area contributed by atoms with Crippen molar-refractivity contribution in [3.8, 4) is 16.3 Å². The zero-order valence-corrected chi connectivity index (χ0v) is 9.59. The molecular formula is C11H6F3NO2S. The van der Waals surface area contributed by atoms with Gasteiger partial charge in [-0.05, 0) is 24.3 Å². The van der Waals surface area contributed by atoms with E-state index in [2.05, 4.69) is 9.72 Å². The van der Waals surface area contributed by atoms with Gasteiger partial charge in [-0.3, -0.25) is 4.79 Å². The number of nitrogens with zero attached hydrogens (tertiary/aromatic N) is 1. The van der Waals surface area contributed by atoms with Crippen LogP contribution in [-0.4, -0.2) is 17.6 Å². The molecule has 18 heavy (non-hydrogen) atoms. The number of benzene rings is 1. The van der Waals surface area contributed by atoms with E-state index in [1.165, 1.54) is 35.6 Å². The molecule has 0 spiro atoms. The highest BCUT2D eigenvalue weighted by atomic mass is 32.1. The van der Waals surface area contributed by atoms with Crippen LogP contribution in [0.4, 0.5) is 13.2 Å². The zero-order chi connectivity index (χ0) is 13.2. The van der Waals surface area contributed by atoms with E-state index in [4.69, 9.17) is 0 Å². The van der Waals surface area contributed by atoms with Gasteiger partial charge in [0.05, 0.1) is 0 Å². The van der Waals surface area contributed by atoms with E-state index in [0.717, 1.165) is 0 Å². The second-order valence-corrected chi connectivity index (χ2v) is 4.13. The van der Waals surface area contributed by atoms with Crippen LogP contribution < -0.4 is 4.74 Å². The van der Waals surface area contributed by atoms with Crippen molar-refractivity contribution in [3.05, 3.63) is 35.3 Å². The molecule has 94 valence electrons. The lowest BCUT2D eigenvalue weighted by Gasteiger charge is -2.08. The second kappa shape index (κ2) is 4.77. The van der Waals surface area contributed by atoms with Gasteiger partial charge in [-0.1, -0.05) is 0 Å². The topological polar surface area (TPSA) is 39.2 Å². The Morgan fingerprint density at radius 2 is 1.89 bits per heavy atom. The summed E-state index contributed by atoms with van der Waals surface area (Å²) in [5.41, 5.74) is 0.924. The Balaban J connectivity index is 2.19. The van der Waals surface area contributed by atoms with Gasteiger partial charge in [-0.25, -0.2) is 4.98 Å². The number of aromatic nitrogens is 1. The minimum absolute atomic E-state index is 0.293. The third-order valence-corrected chi connectivity index (χ3v) is 2.89. The molecule has 7 heteroatoms. The van der Waals surface area contributed by atoms with Crippen molar-refractivity contribution in [3.63, 3.8) is 0 Å². The average Bonchev–Trinajstić information content (AvgIpc) is 2.76. The van der Waals surface area contributed by atoms with Crippen molar-refractivity contribution in [2.24, 2.45) is 0 Å². The number of carbonyl (C=O) groups is 1. The molecule has 1 heterocycles. The summed E-state index contributed by atoms with van der Waals surface area (Å²) in [6.45, 7) is 0. The standard InChI is InChI=1S/C11H6F3NO2S/c12-11(13,14)17-9-3-1-7(2-4-9)10-15-8(5-16)6-18-10/h1-6H. The molecule has 2 aromatic rings. The largest absolute Gasteiger partial charge is 0.573 e. The van der Waals surface area contributed by atoms with Gasteiger partial charge >= 0.3 is 6.36 Å². The lowest BCUT2D eigenvalue weighted by Crippen LogP contribution is -2.16. The highest BCUT2D eigenvalue weighted by molar-refractivity contribution is 7.13. The number of hydrogen-bond acceptors (Lipinski definition) is 4. The van der Waals surface area contributed by atoms with Crippen molar-refractivity contribution in [2.75, 3.05) is 0 Å². The van der Waals surface area contributed by atoms with Gasteiger partial charge in [-0.2, -0.15) is 0 Å². The molecule has 0 radical (unpaired) electrons. The van der Waals surface area contributed by atoms with Crippen LogP contribution in [0.5, 0.6) is 5.75 Å². The van der Waals surface area contributed by atoms with Crippen molar-refractivity contribution < 1.29 is 22.7 Å². The van der Waals surface area contributed by atoms with E-state index in [-0.39, 0.29) is 5.75 Å². The first-order chi connectivity index (χ1) is 8.48. The van der Waals surface area contributed by atoms with Gasteiger partial charge in [0, 0.05) is 10.9 Å². The van der Waals surface area contributed by atoms with Crippen LogP contribution >= 0.6 is 11.3 Å². The molecule has 1 aromatic carbocycles. The maximum Gasteiger partial charge on any atom is 0.573 e. The van der Waals surface area contributed by atoms with E-state index in [9.17, 15) is 18.0 Å². The maximum absolute atomic E-state index is 11.9. The first kappa shape index (κ1) is 12.6. The predicted molar refractivity (Wildman–Crippen MR) is 59.6 cm³/mol. The fraction of sp³-hybridized carbons (Fsp3) is 0.0909. The van der Waals surface area contributed by atoms with Gasteiger partial charge < -0.3 is 4.74 Å². The third kappa shape index (κ3) is 3.07. The molecule has 0 amide bonds. The molecular weight excluding hydrogens is 267 g/mol.